The Bertz CT molecular complexity index is 1770. The Morgan fingerprint density at radius 1 is 0.286 bits per heavy atom. The van der Waals surface area contributed by atoms with Crippen LogP contribution in [-0.4, -0.2) is 29.9 Å². The minimum absolute atomic E-state index is 0.226. The summed E-state index contributed by atoms with van der Waals surface area (Å²) in [5.74, 6) is 0. The summed E-state index contributed by atoms with van der Waals surface area (Å²) in [6.45, 7) is 0. The highest BCUT2D eigenvalue weighted by atomic mass is 14.9. The summed E-state index contributed by atoms with van der Waals surface area (Å²) >= 11 is 0. The van der Waals surface area contributed by atoms with Crippen LogP contribution in [-0.2, 0) is 0 Å². The lowest BCUT2D eigenvalue weighted by Gasteiger charge is -2.12. The average Bonchev–Trinajstić information content (AvgIpc) is 3.01. The zero-order chi connectivity index (χ0) is 29.9. The Morgan fingerprint density at radius 2 is 0.429 bits per heavy atom. The molecule has 0 aliphatic heterocycles. The van der Waals surface area contributed by atoms with Crippen LogP contribution in [0, 0.1) is 68.0 Å². The van der Waals surface area contributed by atoms with Gasteiger partial charge >= 0.3 is 0 Å². The molecule has 0 aliphatic rings. The molecule has 0 bridgehead atoms. The number of fused-ring (bicyclic) bond motifs is 6. The van der Waals surface area contributed by atoms with E-state index in [-0.39, 0.29) is 67.3 Å². The molecule has 42 heavy (non-hydrogen) atoms. The number of aromatic nitrogens is 6. The molecule has 0 unspecified atom stereocenters. The molecule has 0 fully saturated rings. The lowest BCUT2D eigenvalue weighted by atomic mass is 10.1. The molecule has 3 heterocycles. The van der Waals surface area contributed by atoms with Crippen molar-refractivity contribution in [2.45, 2.75) is 0 Å². The Kier molecular flexibility index (Phi) is 8.51. The predicted molar refractivity (Wildman–Crippen MR) is 154 cm³/mol. The second-order valence-electron chi connectivity index (χ2n) is 7.85. The molecular formula is C30H12N12. The molecule has 0 spiro atoms. The highest BCUT2D eigenvalue weighted by Gasteiger charge is 2.21. The first kappa shape index (κ1) is 27.6. The van der Waals surface area contributed by atoms with Crippen LogP contribution in [0.5, 0.6) is 0 Å². The molecule has 0 saturated heterocycles. The monoisotopic (exact) mass is 540 g/mol. The van der Waals surface area contributed by atoms with E-state index in [2.05, 4.69) is 0 Å². The Labute approximate surface area is 238 Å². The number of nitrogens with zero attached hydrogens (tertiary/aromatic N) is 12. The van der Waals surface area contributed by atoms with Gasteiger partial charge in [-0.25, -0.2) is 29.9 Å². The van der Waals surface area contributed by atoms with Crippen LogP contribution >= 0.6 is 0 Å². The molecule has 0 N–H and O–H groups in total. The summed E-state index contributed by atoms with van der Waals surface area (Å²) in [6, 6.07) is 11.4. The zero-order valence-electron chi connectivity index (χ0n) is 21.3. The Hall–Kier alpha value is -7.38. The minimum atomic E-state index is 0.226. The highest BCUT2D eigenvalue weighted by molar-refractivity contribution is 6.18. The number of nitriles is 6. The third-order valence-corrected chi connectivity index (χ3v) is 5.42. The predicted octanol–water partition coefficient (Wildman–Crippen LogP) is 4.74. The molecule has 0 saturated carbocycles. The average molecular weight is 541 g/mol. The molecule has 12 nitrogen and oxygen atoms in total. The van der Waals surface area contributed by atoms with Gasteiger partial charge in [0.1, 0.15) is 33.1 Å². The van der Waals surface area contributed by atoms with Gasteiger partial charge in [-0.2, -0.15) is 31.6 Å². The van der Waals surface area contributed by atoms with Crippen molar-refractivity contribution < 1.29 is 0 Å². The molecule has 3 aromatic heterocycles. The molecule has 12 heteroatoms. The largest absolute Gasteiger partial charge is 0.242 e. The van der Waals surface area contributed by atoms with Crippen LogP contribution in [0.15, 0.2) is 36.5 Å². The van der Waals surface area contributed by atoms with Gasteiger partial charge in [0.2, 0.25) is 0 Å². The van der Waals surface area contributed by atoms with E-state index in [4.69, 9.17) is 61.5 Å². The van der Waals surface area contributed by atoms with Crippen LogP contribution in [0.3, 0.4) is 0 Å². The molecule has 1 aromatic carbocycles. The van der Waals surface area contributed by atoms with Crippen molar-refractivity contribution in [2.24, 2.45) is 0 Å². The van der Waals surface area contributed by atoms with E-state index in [1.165, 1.54) is 72.9 Å². The highest BCUT2D eigenvalue weighted by Crippen LogP contribution is 2.32. The molecule has 4 rings (SSSR count). The van der Waals surface area contributed by atoms with Gasteiger partial charge < -0.3 is 0 Å². The maximum Gasteiger partial charge on any atom is 0.120 e. The normalized spacial score (nSPS) is 11.6. The number of hydrogen-bond donors (Lipinski definition) is 0. The van der Waals surface area contributed by atoms with Crippen LogP contribution in [0.2, 0.25) is 0 Å². The molecular weight excluding hydrogens is 528 g/mol. The fourth-order valence-electron chi connectivity index (χ4n) is 3.81. The van der Waals surface area contributed by atoms with Crippen molar-refractivity contribution in [2.75, 3.05) is 0 Å². The number of allylic oxidation sites excluding steroid dienone is 6. The van der Waals surface area contributed by atoms with E-state index in [0.29, 0.717) is 0 Å². The Balaban J connectivity index is 2.33. The van der Waals surface area contributed by atoms with Gasteiger partial charge in [-0.3, -0.25) is 0 Å². The van der Waals surface area contributed by atoms with Gasteiger partial charge in [-0.15, -0.1) is 0 Å². The van der Waals surface area contributed by atoms with Gasteiger partial charge in [0.15, 0.2) is 0 Å². The van der Waals surface area contributed by atoms with Crippen LogP contribution in [0.1, 0.15) is 34.2 Å². The van der Waals surface area contributed by atoms with Gasteiger partial charge in [0.05, 0.1) is 70.6 Å². The number of hydrogen-bond acceptors (Lipinski definition) is 12. The first-order chi connectivity index (χ1) is 20.6. The summed E-state index contributed by atoms with van der Waals surface area (Å²) in [4.78, 5) is 28.2. The first-order valence-electron chi connectivity index (χ1n) is 11.7. The molecule has 0 atom stereocenters. The summed E-state index contributed by atoms with van der Waals surface area (Å²) < 4.78 is 0. The summed E-state index contributed by atoms with van der Waals surface area (Å²) in [5, 5.41) is 54.7. The van der Waals surface area contributed by atoms with E-state index in [1.807, 2.05) is 36.4 Å². The standard InChI is InChI=1S/C30H12N12/c31-13-1-7-19-20(8-2-14-32)38-26-25(37-19)27-29(41-22(10-4-16-34)21(39-27)9-3-15-33)30-28(26)40-23(11-5-17-35)24(42-30)12-6-18-36/h1-12H/b7-1+,8-2+,9-3+,10-4+,11-5+,12-6+. The van der Waals surface area contributed by atoms with Gasteiger partial charge in [0.25, 0.3) is 0 Å². The van der Waals surface area contributed by atoms with Crippen molar-refractivity contribution in [1.82, 2.24) is 29.9 Å². The molecule has 192 valence electrons. The maximum atomic E-state index is 9.12. The van der Waals surface area contributed by atoms with E-state index in [9.17, 15) is 0 Å². The molecule has 4 aromatic rings. The molecule has 0 aliphatic carbocycles. The van der Waals surface area contributed by atoms with Gasteiger partial charge in [-0.1, -0.05) is 0 Å². The van der Waals surface area contributed by atoms with Crippen molar-refractivity contribution in [3.8, 4) is 36.4 Å². The van der Waals surface area contributed by atoms with Crippen LogP contribution in [0.25, 0.3) is 69.6 Å². The summed E-state index contributed by atoms with van der Waals surface area (Å²) in [5.41, 5.74) is 2.89. The van der Waals surface area contributed by atoms with Gasteiger partial charge in [0, 0.05) is 36.5 Å². The fourth-order valence-corrected chi connectivity index (χ4v) is 3.81. The first-order valence-corrected chi connectivity index (χ1v) is 11.7. The summed E-state index contributed by atoms with van der Waals surface area (Å²) in [7, 11) is 0. The topological polar surface area (TPSA) is 220 Å². The Morgan fingerprint density at radius 3 is 0.548 bits per heavy atom. The van der Waals surface area contributed by atoms with Crippen molar-refractivity contribution in [3.05, 3.63) is 70.6 Å². The minimum Gasteiger partial charge on any atom is -0.242 e. The summed E-state index contributed by atoms with van der Waals surface area (Å²) in [6.07, 6.45) is 15.8. The van der Waals surface area contributed by atoms with E-state index >= 15 is 0 Å². The van der Waals surface area contributed by atoms with Crippen LogP contribution in [0.4, 0.5) is 0 Å². The zero-order valence-corrected chi connectivity index (χ0v) is 21.3. The fraction of sp³-hybridized carbons (Fsp3) is 0. The van der Waals surface area contributed by atoms with Crippen molar-refractivity contribution in [1.29, 1.82) is 31.6 Å². The maximum absolute atomic E-state index is 9.12. The number of rotatable bonds is 6. The van der Waals surface area contributed by atoms with E-state index in [0.717, 1.165) is 0 Å². The van der Waals surface area contributed by atoms with E-state index in [1.54, 1.807) is 0 Å². The van der Waals surface area contributed by atoms with E-state index < -0.39 is 0 Å². The lowest BCUT2D eigenvalue weighted by molar-refractivity contribution is 1.19. The van der Waals surface area contributed by atoms with Crippen molar-refractivity contribution in [3.63, 3.8) is 0 Å². The smallest absolute Gasteiger partial charge is 0.120 e. The molecule has 0 amide bonds. The van der Waals surface area contributed by atoms with Crippen LogP contribution < -0.4 is 0 Å². The van der Waals surface area contributed by atoms with Gasteiger partial charge in [-0.05, 0) is 36.5 Å². The quantitative estimate of drug-likeness (QED) is 0.239. The molecule has 0 radical (unpaired) electrons. The van der Waals surface area contributed by atoms with Crippen molar-refractivity contribution >= 4 is 69.6 Å². The number of benzene rings is 1. The SMILES string of the molecule is N#C/C=C/c1nc2c3nc(/C=C/C#N)c(/C=C/C#N)nc3c3nc(/C=C/C#N)c(/C=C/C#N)nc3c2nc1/C=C/C#N. The third kappa shape index (κ3) is 5.56. The lowest BCUT2D eigenvalue weighted by Crippen LogP contribution is -2.04. The second kappa shape index (κ2) is 12.9. The second-order valence-corrected chi connectivity index (χ2v) is 7.85. The third-order valence-electron chi connectivity index (χ3n) is 5.42.